The second-order valence-corrected chi connectivity index (χ2v) is 14.6. The Hall–Kier alpha value is -2.95. The molecule has 5 heterocycles. The molecule has 1 amide bonds. The molecule has 0 unspecified atom stereocenters. The topological polar surface area (TPSA) is 123 Å². The number of pyridine rings is 2. The van der Waals surface area contributed by atoms with Gasteiger partial charge in [-0.2, -0.15) is 0 Å². The molecule has 2 aliphatic carbocycles. The Labute approximate surface area is 265 Å². The van der Waals surface area contributed by atoms with Crippen LogP contribution in [0, 0.1) is 17.2 Å². The number of carbonyl (C=O) groups excluding carboxylic acids is 2. The number of carbonyl (C=O) groups is 2. The quantitative estimate of drug-likeness (QED) is 0.302. The maximum atomic E-state index is 16.1. The number of amides is 1. The monoisotopic (exact) mass is 640 g/mol. The van der Waals surface area contributed by atoms with E-state index in [1.165, 1.54) is 12.6 Å². The zero-order valence-corrected chi connectivity index (χ0v) is 26.2. The maximum absolute atomic E-state index is 16.1. The van der Waals surface area contributed by atoms with E-state index in [0.29, 0.717) is 36.4 Å². The molecule has 232 valence electrons. The second kappa shape index (κ2) is 10.8. The van der Waals surface area contributed by atoms with Crippen molar-refractivity contribution in [3.05, 3.63) is 64.1 Å². The summed E-state index contributed by atoms with van der Waals surface area (Å²) in [6, 6.07) is 2.37. The Bertz CT molecular complexity index is 1600. The standard InChI is InChI=1S/C32H35Cl2FN6O3/c1-30(2)8-10-31(11-9-30)32(20-15-37-23(33)14-21(20)39-29(32)43)24(19-7-12-36-27(34)25(19)35)26(40-31)22(42)13-17-3-5-18(6-4-17)28-41-38-16-44-28/h7,12,14-18,24,26,40H,3-6,8-11,13H2,1-2H3,(H,39,43)/t17?,18?,24-,26-,32+/m0/s1. The van der Waals surface area contributed by atoms with Gasteiger partial charge in [-0.05, 0) is 80.4 Å². The Balaban J connectivity index is 1.31. The zero-order valence-electron chi connectivity index (χ0n) is 24.7. The molecule has 4 aliphatic rings. The summed E-state index contributed by atoms with van der Waals surface area (Å²) in [5.41, 5.74) is -0.709. The molecule has 3 aromatic heterocycles. The summed E-state index contributed by atoms with van der Waals surface area (Å²) in [6.45, 7) is 4.44. The summed E-state index contributed by atoms with van der Waals surface area (Å²) in [5, 5.41) is 14.6. The fourth-order valence-electron chi connectivity index (χ4n) is 8.65. The number of ketones is 1. The molecule has 1 saturated heterocycles. The van der Waals surface area contributed by atoms with Crippen molar-refractivity contribution in [3.63, 3.8) is 0 Å². The Morgan fingerprint density at radius 3 is 2.57 bits per heavy atom. The minimum atomic E-state index is -1.32. The highest BCUT2D eigenvalue weighted by Crippen LogP contribution is 2.64. The smallest absolute Gasteiger partial charge is 0.237 e. The number of fused-ring (bicyclic) bond motifs is 3. The number of hydrogen-bond acceptors (Lipinski definition) is 8. The van der Waals surface area contributed by atoms with Crippen molar-refractivity contribution in [2.24, 2.45) is 11.3 Å². The average Bonchev–Trinajstić information content (AvgIpc) is 3.70. The molecule has 3 aromatic rings. The fourth-order valence-corrected chi connectivity index (χ4v) is 8.97. The molecule has 12 heteroatoms. The van der Waals surface area contributed by atoms with Crippen LogP contribution < -0.4 is 10.6 Å². The Kier molecular flexibility index (Phi) is 7.33. The van der Waals surface area contributed by atoms with E-state index in [0.717, 1.165) is 38.5 Å². The molecule has 9 nitrogen and oxygen atoms in total. The van der Waals surface area contributed by atoms with Gasteiger partial charge in [0.2, 0.25) is 18.2 Å². The van der Waals surface area contributed by atoms with Crippen LogP contribution in [0.4, 0.5) is 10.1 Å². The molecular formula is C32H35Cl2FN6O3. The number of Topliss-reactive ketones (excluding diaryl/α,β-unsaturated/α-hetero) is 1. The van der Waals surface area contributed by atoms with Gasteiger partial charge in [0, 0.05) is 47.4 Å². The lowest BCUT2D eigenvalue weighted by Crippen LogP contribution is -2.61. The van der Waals surface area contributed by atoms with E-state index in [2.05, 4.69) is 44.6 Å². The lowest BCUT2D eigenvalue weighted by atomic mass is 9.53. The van der Waals surface area contributed by atoms with Crippen LogP contribution in [0.15, 0.2) is 35.3 Å². The predicted molar refractivity (Wildman–Crippen MR) is 162 cm³/mol. The molecule has 2 N–H and O–H groups in total. The number of hydrogen-bond donors (Lipinski definition) is 2. The van der Waals surface area contributed by atoms with E-state index >= 15 is 4.39 Å². The van der Waals surface area contributed by atoms with Gasteiger partial charge < -0.3 is 9.73 Å². The van der Waals surface area contributed by atoms with Crippen molar-refractivity contribution in [1.29, 1.82) is 0 Å². The van der Waals surface area contributed by atoms with Crippen molar-refractivity contribution < 1.29 is 18.4 Å². The van der Waals surface area contributed by atoms with Crippen molar-refractivity contribution >= 4 is 40.6 Å². The predicted octanol–water partition coefficient (Wildman–Crippen LogP) is 6.52. The first kappa shape index (κ1) is 29.7. The lowest BCUT2D eigenvalue weighted by molar-refractivity contribution is -0.124. The minimum absolute atomic E-state index is 0.0344. The number of anilines is 1. The maximum Gasteiger partial charge on any atom is 0.237 e. The number of nitrogens with zero attached hydrogens (tertiary/aromatic N) is 4. The van der Waals surface area contributed by atoms with Crippen molar-refractivity contribution in [3.8, 4) is 0 Å². The van der Waals surface area contributed by atoms with E-state index in [4.69, 9.17) is 27.6 Å². The summed E-state index contributed by atoms with van der Waals surface area (Å²) in [7, 11) is 0. The largest absolute Gasteiger partial charge is 0.428 e. The van der Waals surface area contributed by atoms with Crippen LogP contribution in [0.1, 0.15) is 100 Å². The molecule has 3 fully saturated rings. The van der Waals surface area contributed by atoms with Crippen LogP contribution in [0.25, 0.3) is 0 Å². The molecule has 2 spiro atoms. The first-order valence-electron chi connectivity index (χ1n) is 15.4. The molecule has 44 heavy (non-hydrogen) atoms. The Morgan fingerprint density at radius 2 is 1.86 bits per heavy atom. The van der Waals surface area contributed by atoms with E-state index < -0.39 is 28.7 Å². The van der Waals surface area contributed by atoms with Gasteiger partial charge in [0.25, 0.3) is 0 Å². The van der Waals surface area contributed by atoms with Crippen molar-refractivity contribution in [2.75, 3.05) is 5.32 Å². The highest BCUT2D eigenvalue weighted by molar-refractivity contribution is 6.30. The van der Waals surface area contributed by atoms with Gasteiger partial charge in [0.05, 0.1) is 6.04 Å². The van der Waals surface area contributed by atoms with Crippen LogP contribution in [-0.4, -0.2) is 43.4 Å². The second-order valence-electron chi connectivity index (χ2n) is 13.8. The van der Waals surface area contributed by atoms with Crippen LogP contribution >= 0.6 is 23.2 Å². The summed E-state index contributed by atoms with van der Waals surface area (Å²) in [4.78, 5) is 37.4. The first-order chi connectivity index (χ1) is 21.0. The van der Waals surface area contributed by atoms with Gasteiger partial charge in [0.15, 0.2) is 16.8 Å². The van der Waals surface area contributed by atoms with Gasteiger partial charge in [0.1, 0.15) is 10.6 Å². The van der Waals surface area contributed by atoms with Crippen LogP contribution in [0.5, 0.6) is 0 Å². The first-order valence-corrected chi connectivity index (χ1v) is 16.1. The van der Waals surface area contributed by atoms with Crippen LogP contribution in [0.3, 0.4) is 0 Å². The summed E-state index contributed by atoms with van der Waals surface area (Å²) < 4.78 is 21.5. The van der Waals surface area contributed by atoms with Gasteiger partial charge >= 0.3 is 0 Å². The van der Waals surface area contributed by atoms with Gasteiger partial charge in [-0.15, -0.1) is 10.2 Å². The SMILES string of the molecule is CC1(C)CCC2(CC1)N[C@@H](C(=O)CC1CCC(c3nnco3)CC1)[C@H](c1ccnc(Cl)c1F)[C@]21C(=O)Nc2cc(Cl)ncc21. The molecule has 2 aliphatic heterocycles. The van der Waals surface area contributed by atoms with E-state index in [9.17, 15) is 9.59 Å². The molecule has 2 saturated carbocycles. The molecule has 3 atom stereocenters. The van der Waals surface area contributed by atoms with Crippen molar-refractivity contribution in [1.82, 2.24) is 25.5 Å². The summed E-state index contributed by atoms with van der Waals surface area (Å²) in [6.07, 6.45) is 11.0. The van der Waals surface area contributed by atoms with Gasteiger partial charge in [-0.3, -0.25) is 14.9 Å². The third kappa shape index (κ3) is 4.58. The fraction of sp³-hybridized carbons (Fsp3) is 0.562. The average molecular weight is 642 g/mol. The third-order valence-electron chi connectivity index (χ3n) is 11.0. The highest BCUT2D eigenvalue weighted by Gasteiger charge is 2.73. The highest BCUT2D eigenvalue weighted by atomic mass is 35.5. The number of nitrogens with one attached hydrogen (secondary N) is 2. The third-order valence-corrected chi connectivity index (χ3v) is 11.4. The molecule has 7 rings (SSSR count). The number of rotatable bonds is 5. The van der Waals surface area contributed by atoms with Crippen LogP contribution in [-0.2, 0) is 15.0 Å². The van der Waals surface area contributed by atoms with E-state index in [1.807, 2.05) is 0 Å². The molecule has 0 bridgehead atoms. The number of aromatic nitrogens is 4. The Morgan fingerprint density at radius 1 is 1.11 bits per heavy atom. The van der Waals surface area contributed by atoms with Gasteiger partial charge in [-0.1, -0.05) is 37.0 Å². The summed E-state index contributed by atoms with van der Waals surface area (Å²) >= 11 is 12.5. The molecule has 0 aromatic carbocycles. The normalized spacial score (nSPS) is 30.4. The zero-order chi connectivity index (χ0) is 30.9. The lowest BCUT2D eigenvalue weighted by Gasteiger charge is -2.50. The van der Waals surface area contributed by atoms with Crippen molar-refractivity contribution in [2.45, 2.75) is 100 Å². The molecular weight excluding hydrogens is 606 g/mol. The van der Waals surface area contributed by atoms with Crippen LogP contribution in [0.2, 0.25) is 10.3 Å². The van der Waals surface area contributed by atoms with Gasteiger partial charge in [-0.25, -0.2) is 14.4 Å². The molecule has 0 radical (unpaired) electrons. The summed E-state index contributed by atoms with van der Waals surface area (Å²) in [5.74, 6) is -0.932. The minimum Gasteiger partial charge on any atom is -0.428 e. The van der Waals surface area contributed by atoms with E-state index in [1.54, 1.807) is 18.3 Å². The number of halogens is 3. The van der Waals surface area contributed by atoms with E-state index in [-0.39, 0.29) is 44.8 Å².